The Balaban J connectivity index is 1.41. The molecule has 0 bridgehead atoms. The lowest BCUT2D eigenvalue weighted by Crippen LogP contribution is -2.38. The first-order valence-corrected chi connectivity index (χ1v) is 9.51. The van der Waals surface area contributed by atoms with Crippen molar-refractivity contribution < 1.29 is 9.59 Å². The van der Waals surface area contributed by atoms with Crippen molar-refractivity contribution in [3.8, 4) is 0 Å². The number of carbonyl (C=O) groups excluding carboxylic acids is 2. The van der Waals surface area contributed by atoms with Crippen molar-refractivity contribution in [2.24, 2.45) is 0 Å². The summed E-state index contributed by atoms with van der Waals surface area (Å²) in [5, 5.41) is 2.95. The Morgan fingerprint density at radius 3 is 2.74 bits per heavy atom. The van der Waals surface area contributed by atoms with E-state index in [1.807, 2.05) is 12.1 Å². The van der Waals surface area contributed by atoms with Crippen LogP contribution in [-0.4, -0.2) is 41.3 Å². The highest BCUT2D eigenvalue weighted by atomic mass is 16.2. The molecule has 6 nitrogen and oxygen atoms in total. The van der Waals surface area contributed by atoms with Crippen LogP contribution in [-0.2, 0) is 29.1 Å². The summed E-state index contributed by atoms with van der Waals surface area (Å²) in [6, 6.07) is 12.4. The van der Waals surface area contributed by atoms with E-state index in [1.54, 1.807) is 11.1 Å². The summed E-state index contributed by atoms with van der Waals surface area (Å²) in [7, 11) is 0. The topological polar surface area (TPSA) is 65.5 Å². The standard InChI is InChI=1S/C21H24N4O2/c26-19(15-24-11-4-8-20(24)27)23-13-17-7-3-10-22-21(17)25-12-9-16-5-1-2-6-18(16)14-25/h1-3,5-7,10H,4,8-9,11-15H2,(H,23,26). The van der Waals surface area contributed by atoms with Crippen LogP contribution in [0.15, 0.2) is 42.6 Å². The predicted molar refractivity (Wildman–Crippen MR) is 103 cm³/mol. The number of nitrogens with zero attached hydrogens (tertiary/aromatic N) is 3. The molecule has 0 radical (unpaired) electrons. The molecule has 2 aliphatic heterocycles. The molecular formula is C21H24N4O2. The second-order valence-electron chi connectivity index (χ2n) is 7.12. The van der Waals surface area contributed by atoms with Crippen LogP contribution in [0.3, 0.4) is 0 Å². The maximum atomic E-state index is 12.2. The van der Waals surface area contributed by atoms with E-state index in [9.17, 15) is 9.59 Å². The van der Waals surface area contributed by atoms with Crippen LogP contribution in [0.4, 0.5) is 5.82 Å². The third kappa shape index (κ3) is 3.94. The molecule has 1 aromatic carbocycles. The Kier molecular flexibility index (Phi) is 5.05. The third-order valence-electron chi connectivity index (χ3n) is 5.28. The largest absolute Gasteiger partial charge is 0.352 e. The smallest absolute Gasteiger partial charge is 0.239 e. The third-order valence-corrected chi connectivity index (χ3v) is 5.28. The number of anilines is 1. The van der Waals surface area contributed by atoms with Gasteiger partial charge in [0.2, 0.25) is 11.8 Å². The Labute approximate surface area is 159 Å². The Hall–Kier alpha value is -2.89. The van der Waals surface area contributed by atoms with E-state index in [0.717, 1.165) is 37.3 Å². The maximum absolute atomic E-state index is 12.2. The summed E-state index contributed by atoms with van der Waals surface area (Å²) in [5.41, 5.74) is 3.73. The normalized spacial score (nSPS) is 16.4. The van der Waals surface area contributed by atoms with E-state index < -0.39 is 0 Å². The minimum atomic E-state index is -0.121. The lowest BCUT2D eigenvalue weighted by molar-refractivity contribution is -0.133. The van der Waals surface area contributed by atoms with Gasteiger partial charge in [-0.1, -0.05) is 30.3 Å². The summed E-state index contributed by atoms with van der Waals surface area (Å²) in [6.07, 6.45) is 4.19. The first kappa shape index (κ1) is 17.5. The molecule has 27 heavy (non-hydrogen) atoms. The van der Waals surface area contributed by atoms with Gasteiger partial charge in [0.05, 0.1) is 6.54 Å². The van der Waals surface area contributed by atoms with Crippen molar-refractivity contribution >= 4 is 17.6 Å². The van der Waals surface area contributed by atoms with E-state index in [1.165, 1.54) is 11.1 Å². The molecule has 2 aromatic rings. The van der Waals surface area contributed by atoms with Gasteiger partial charge in [0.15, 0.2) is 0 Å². The Morgan fingerprint density at radius 2 is 1.93 bits per heavy atom. The summed E-state index contributed by atoms with van der Waals surface area (Å²) < 4.78 is 0. The minimum absolute atomic E-state index is 0.0687. The van der Waals surface area contributed by atoms with Crippen molar-refractivity contribution in [1.29, 1.82) is 0 Å². The molecule has 2 amide bonds. The second kappa shape index (κ2) is 7.78. The first-order valence-electron chi connectivity index (χ1n) is 9.51. The monoisotopic (exact) mass is 364 g/mol. The van der Waals surface area contributed by atoms with Crippen molar-refractivity contribution in [3.63, 3.8) is 0 Å². The molecule has 0 aliphatic carbocycles. The molecule has 140 valence electrons. The van der Waals surface area contributed by atoms with Gasteiger partial charge in [-0.15, -0.1) is 0 Å². The quantitative estimate of drug-likeness (QED) is 0.880. The number of aromatic nitrogens is 1. The molecule has 0 atom stereocenters. The number of benzene rings is 1. The van der Waals surface area contributed by atoms with Gasteiger partial charge in [-0.25, -0.2) is 4.98 Å². The van der Waals surface area contributed by atoms with E-state index in [2.05, 4.69) is 39.5 Å². The van der Waals surface area contributed by atoms with Crippen LogP contribution in [0.25, 0.3) is 0 Å². The van der Waals surface area contributed by atoms with E-state index in [-0.39, 0.29) is 18.4 Å². The number of amides is 2. The molecule has 2 aliphatic rings. The van der Waals surface area contributed by atoms with Crippen LogP contribution in [0.1, 0.15) is 29.5 Å². The molecule has 4 rings (SSSR count). The van der Waals surface area contributed by atoms with Gasteiger partial charge in [0.1, 0.15) is 5.82 Å². The highest BCUT2D eigenvalue weighted by Gasteiger charge is 2.23. The number of hydrogen-bond donors (Lipinski definition) is 1. The van der Waals surface area contributed by atoms with Crippen LogP contribution in [0.2, 0.25) is 0 Å². The fraction of sp³-hybridized carbons (Fsp3) is 0.381. The van der Waals surface area contributed by atoms with Gasteiger partial charge >= 0.3 is 0 Å². The molecule has 0 unspecified atom stereocenters. The number of nitrogens with one attached hydrogen (secondary N) is 1. The van der Waals surface area contributed by atoms with Gasteiger partial charge in [0.25, 0.3) is 0 Å². The molecule has 3 heterocycles. The first-order chi connectivity index (χ1) is 13.2. The summed E-state index contributed by atoms with van der Waals surface area (Å²) in [6.45, 7) is 2.99. The molecule has 1 N–H and O–H groups in total. The van der Waals surface area contributed by atoms with Crippen molar-refractivity contribution in [1.82, 2.24) is 15.2 Å². The van der Waals surface area contributed by atoms with Crippen LogP contribution in [0, 0.1) is 0 Å². The lowest BCUT2D eigenvalue weighted by atomic mass is 9.99. The van der Waals surface area contributed by atoms with Crippen molar-refractivity contribution in [3.05, 3.63) is 59.3 Å². The molecule has 0 saturated carbocycles. The Bertz CT molecular complexity index is 852. The summed E-state index contributed by atoms with van der Waals surface area (Å²) in [4.78, 5) is 32.4. The number of rotatable bonds is 5. The SMILES string of the molecule is O=C(CN1CCCC1=O)NCc1cccnc1N1CCc2ccccc2C1. The highest BCUT2D eigenvalue weighted by molar-refractivity contribution is 5.85. The summed E-state index contributed by atoms with van der Waals surface area (Å²) >= 11 is 0. The van der Waals surface area contributed by atoms with Crippen LogP contribution < -0.4 is 10.2 Å². The van der Waals surface area contributed by atoms with E-state index in [4.69, 9.17) is 0 Å². The van der Waals surface area contributed by atoms with Gasteiger partial charge in [0, 0.05) is 44.4 Å². The van der Waals surface area contributed by atoms with Crippen molar-refractivity contribution in [2.45, 2.75) is 32.4 Å². The number of hydrogen-bond acceptors (Lipinski definition) is 4. The molecule has 0 spiro atoms. The fourth-order valence-electron chi connectivity index (χ4n) is 3.82. The average Bonchev–Trinajstić information content (AvgIpc) is 3.10. The number of fused-ring (bicyclic) bond motifs is 1. The number of pyridine rings is 1. The highest BCUT2D eigenvalue weighted by Crippen LogP contribution is 2.25. The molecule has 6 heteroatoms. The molecule has 1 aromatic heterocycles. The van der Waals surface area contributed by atoms with Gasteiger partial charge in [-0.3, -0.25) is 9.59 Å². The average molecular weight is 364 g/mol. The predicted octanol–water partition coefficient (Wildman–Crippen LogP) is 1.88. The number of carbonyl (C=O) groups is 2. The van der Waals surface area contributed by atoms with Gasteiger partial charge in [-0.2, -0.15) is 0 Å². The zero-order chi connectivity index (χ0) is 18.6. The van der Waals surface area contributed by atoms with Gasteiger partial charge < -0.3 is 15.1 Å². The zero-order valence-corrected chi connectivity index (χ0v) is 15.4. The van der Waals surface area contributed by atoms with E-state index in [0.29, 0.717) is 19.5 Å². The fourth-order valence-corrected chi connectivity index (χ4v) is 3.82. The minimum Gasteiger partial charge on any atom is -0.352 e. The molecule has 1 saturated heterocycles. The second-order valence-corrected chi connectivity index (χ2v) is 7.12. The molecular weight excluding hydrogens is 340 g/mol. The van der Waals surface area contributed by atoms with Crippen LogP contribution >= 0.6 is 0 Å². The van der Waals surface area contributed by atoms with Gasteiger partial charge in [-0.05, 0) is 30.0 Å². The zero-order valence-electron chi connectivity index (χ0n) is 15.4. The lowest BCUT2D eigenvalue weighted by Gasteiger charge is -2.31. The summed E-state index contributed by atoms with van der Waals surface area (Å²) in [5.74, 6) is 0.868. The molecule has 1 fully saturated rings. The van der Waals surface area contributed by atoms with E-state index >= 15 is 0 Å². The van der Waals surface area contributed by atoms with Crippen LogP contribution in [0.5, 0.6) is 0 Å². The van der Waals surface area contributed by atoms with Crippen molar-refractivity contribution in [2.75, 3.05) is 24.5 Å². The maximum Gasteiger partial charge on any atom is 0.239 e. The number of likely N-dealkylation sites (tertiary alicyclic amines) is 1. The Morgan fingerprint density at radius 1 is 1.07 bits per heavy atom.